The van der Waals surface area contributed by atoms with Gasteiger partial charge in [0.15, 0.2) is 6.10 Å². The highest BCUT2D eigenvalue weighted by molar-refractivity contribution is 7.47. The van der Waals surface area contributed by atoms with Gasteiger partial charge < -0.3 is 18.9 Å². The summed E-state index contributed by atoms with van der Waals surface area (Å²) in [5.41, 5.74) is 0. The summed E-state index contributed by atoms with van der Waals surface area (Å²) in [7, 11) is 1.46. The number of phosphoric ester groups is 1. The number of quaternary nitrogens is 1. The normalized spacial score (nSPS) is 14.9. The fourth-order valence-electron chi connectivity index (χ4n) is 1.91. The molecular formula is C18H37NO8P+. The molecule has 2 atom stereocenters. The Morgan fingerprint density at radius 2 is 1.54 bits per heavy atom. The van der Waals surface area contributed by atoms with Crippen LogP contribution >= 0.6 is 7.82 Å². The molecule has 0 rings (SSSR count). The Balaban J connectivity index is 4.60. The van der Waals surface area contributed by atoms with Gasteiger partial charge in [-0.15, -0.1) is 0 Å². The third-order valence-electron chi connectivity index (χ3n) is 3.64. The Labute approximate surface area is 168 Å². The van der Waals surface area contributed by atoms with Crippen molar-refractivity contribution >= 4 is 19.8 Å². The van der Waals surface area contributed by atoms with Crippen molar-refractivity contribution in [2.45, 2.75) is 58.5 Å². The van der Waals surface area contributed by atoms with Gasteiger partial charge in [0.2, 0.25) is 0 Å². The first-order valence-corrected chi connectivity index (χ1v) is 11.3. The molecule has 0 amide bonds. The third-order valence-corrected chi connectivity index (χ3v) is 4.62. The highest BCUT2D eigenvalue weighted by Crippen LogP contribution is 2.43. The minimum Gasteiger partial charge on any atom is -0.462 e. The molecule has 166 valence electrons. The number of hydrogen-bond acceptors (Lipinski definition) is 7. The van der Waals surface area contributed by atoms with Crippen molar-refractivity contribution in [3.05, 3.63) is 0 Å². The number of phosphoric acid groups is 1. The molecule has 0 aliphatic rings. The molecule has 0 aliphatic carbocycles. The first kappa shape index (κ1) is 27.0. The van der Waals surface area contributed by atoms with Crippen LogP contribution in [0.15, 0.2) is 0 Å². The largest absolute Gasteiger partial charge is 0.472 e. The fraction of sp³-hybridized carbons (Fsp3) is 0.889. The molecule has 0 aliphatic heterocycles. The average Bonchev–Trinajstić information content (AvgIpc) is 2.59. The minimum absolute atomic E-state index is 0.0320. The lowest BCUT2D eigenvalue weighted by molar-refractivity contribution is -0.870. The number of ether oxygens (including phenoxy) is 2. The smallest absolute Gasteiger partial charge is 0.462 e. The van der Waals surface area contributed by atoms with Crippen molar-refractivity contribution in [2.75, 3.05) is 47.5 Å². The van der Waals surface area contributed by atoms with Crippen LogP contribution in [0.25, 0.3) is 0 Å². The molecule has 0 radical (unpaired) electrons. The molecule has 28 heavy (non-hydrogen) atoms. The molecular weight excluding hydrogens is 389 g/mol. The molecule has 0 spiro atoms. The lowest BCUT2D eigenvalue weighted by Gasteiger charge is -2.24. The molecule has 0 aromatic rings. The SMILES string of the molecule is CCCCC(=O)OC[C@H](COP(=O)(O)OCC[N+](C)(C)C)OC(=O)CCCC. The van der Waals surface area contributed by atoms with Gasteiger partial charge in [-0.1, -0.05) is 26.7 Å². The number of nitrogens with zero attached hydrogens (tertiary/aromatic N) is 1. The Hall–Kier alpha value is -0.990. The second-order valence-corrected chi connectivity index (χ2v) is 9.07. The zero-order chi connectivity index (χ0) is 21.6. The lowest BCUT2D eigenvalue weighted by atomic mass is 10.2. The van der Waals surface area contributed by atoms with Gasteiger partial charge in [-0.3, -0.25) is 18.6 Å². The van der Waals surface area contributed by atoms with Crippen LogP contribution < -0.4 is 0 Å². The van der Waals surface area contributed by atoms with Crippen LogP contribution in [0.1, 0.15) is 52.4 Å². The van der Waals surface area contributed by atoms with E-state index in [1.165, 1.54) is 0 Å². The Bertz CT molecular complexity index is 506. The van der Waals surface area contributed by atoms with Gasteiger partial charge in [0.05, 0.1) is 27.7 Å². The summed E-state index contributed by atoms with van der Waals surface area (Å²) >= 11 is 0. The van der Waals surface area contributed by atoms with E-state index in [0.717, 1.165) is 12.8 Å². The first-order valence-electron chi connectivity index (χ1n) is 9.76. The minimum atomic E-state index is -4.30. The quantitative estimate of drug-likeness (QED) is 0.228. The number of esters is 2. The Morgan fingerprint density at radius 3 is 2.07 bits per heavy atom. The maximum atomic E-state index is 12.0. The maximum Gasteiger partial charge on any atom is 0.472 e. The van der Waals surface area contributed by atoms with Gasteiger partial charge in [-0.05, 0) is 12.8 Å². The van der Waals surface area contributed by atoms with Crippen LogP contribution in [-0.4, -0.2) is 74.9 Å². The van der Waals surface area contributed by atoms with E-state index in [-0.39, 0.29) is 26.1 Å². The summed E-state index contributed by atoms with van der Waals surface area (Å²) in [6.07, 6.45) is 2.55. The Kier molecular flexibility index (Phi) is 13.6. The first-order chi connectivity index (χ1) is 13.0. The van der Waals surface area contributed by atoms with Crippen molar-refractivity contribution in [3.8, 4) is 0 Å². The van der Waals surface area contributed by atoms with Gasteiger partial charge in [0.25, 0.3) is 0 Å². The maximum absolute atomic E-state index is 12.0. The summed E-state index contributed by atoms with van der Waals surface area (Å²) in [4.78, 5) is 33.3. The molecule has 10 heteroatoms. The second-order valence-electron chi connectivity index (χ2n) is 7.61. The monoisotopic (exact) mass is 426 g/mol. The van der Waals surface area contributed by atoms with Crippen LogP contribution in [0.4, 0.5) is 0 Å². The second kappa shape index (κ2) is 14.1. The van der Waals surface area contributed by atoms with Crippen molar-refractivity contribution in [3.63, 3.8) is 0 Å². The van der Waals surface area contributed by atoms with Crippen molar-refractivity contribution < 1.29 is 42.1 Å². The van der Waals surface area contributed by atoms with Gasteiger partial charge in [0.1, 0.15) is 19.8 Å². The average molecular weight is 426 g/mol. The number of unbranched alkanes of at least 4 members (excludes halogenated alkanes) is 2. The highest BCUT2D eigenvalue weighted by atomic mass is 31.2. The van der Waals surface area contributed by atoms with Crippen molar-refractivity contribution in [2.24, 2.45) is 0 Å². The predicted octanol–water partition coefficient (Wildman–Crippen LogP) is 2.66. The molecule has 0 aromatic carbocycles. The molecule has 0 bridgehead atoms. The molecule has 0 aromatic heterocycles. The predicted molar refractivity (Wildman–Crippen MR) is 105 cm³/mol. The molecule has 1 N–H and O–H groups in total. The van der Waals surface area contributed by atoms with Gasteiger partial charge in [0, 0.05) is 12.8 Å². The van der Waals surface area contributed by atoms with Gasteiger partial charge in [-0.25, -0.2) is 4.57 Å². The van der Waals surface area contributed by atoms with E-state index in [2.05, 4.69) is 0 Å². The van der Waals surface area contributed by atoms with E-state index in [4.69, 9.17) is 18.5 Å². The van der Waals surface area contributed by atoms with Gasteiger partial charge >= 0.3 is 19.8 Å². The summed E-state index contributed by atoms with van der Waals surface area (Å²) in [6, 6.07) is 0. The summed E-state index contributed by atoms with van der Waals surface area (Å²) in [5, 5.41) is 0. The van der Waals surface area contributed by atoms with Crippen LogP contribution in [0, 0.1) is 0 Å². The third kappa shape index (κ3) is 16.0. The number of carbonyl (C=O) groups is 2. The van der Waals surface area contributed by atoms with Gasteiger partial charge in [-0.2, -0.15) is 0 Å². The van der Waals surface area contributed by atoms with E-state index in [0.29, 0.717) is 23.9 Å². The highest BCUT2D eigenvalue weighted by Gasteiger charge is 2.26. The summed E-state index contributed by atoms with van der Waals surface area (Å²) < 4.78 is 32.7. The number of hydrogen-bond donors (Lipinski definition) is 1. The van der Waals surface area contributed by atoms with Crippen LogP contribution in [-0.2, 0) is 32.7 Å². The summed E-state index contributed by atoms with van der Waals surface area (Å²) in [5.74, 6) is -0.887. The molecule has 0 saturated carbocycles. The van der Waals surface area contributed by atoms with E-state index in [1.54, 1.807) is 0 Å². The van der Waals surface area contributed by atoms with E-state index in [9.17, 15) is 19.0 Å². The lowest BCUT2D eigenvalue weighted by Crippen LogP contribution is -2.37. The summed E-state index contributed by atoms with van der Waals surface area (Å²) in [6.45, 7) is 3.80. The van der Waals surface area contributed by atoms with Crippen LogP contribution in [0.3, 0.4) is 0 Å². The van der Waals surface area contributed by atoms with Crippen LogP contribution in [0.5, 0.6) is 0 Å². The zero-order valence-corrected chi connectivity index (χ0v) is 18.7. The molecule has 9 nitrogen and oxygen atoms in total. The molecule has 0 fully saturated rings. The van der Waals surface area contributed by atoms with E-state index in [1.807, 2.05) is 35.0 Å². The molecule has 1 unspecified atom stereocenters. The van der Waals surface area contributed by atoms with Crippen molar-refractivity contribution in [1.29, 1.82) is 0 Å². The topological polar surface area (TPSA) is 108 Å². The molecule has 0 heterocycles. The van der Waals surface area contributed by atoms with Crippen molar-refractivity contribution in [1.82, 2.24) is 0 Å². The molecule has 0 saturated heterocycles. The fourth-order valence-corrected chi connectivity index (χ4v) is 2.65. The standard InChI is InChI=1S/C18H36NO8P/c1-6-8-10-17(20)24-14-16(27-18(21)11-9-7-2)15-26-28(22,23)25-13-12-19(3,4)5/h16H,6-15H2,1-5H3/p+1/t16-/m1/s1. The zero-order valence-electron chi connectivity index (χ0n) is 17.8. The number of carbonyl (C=O) groups excluding carboxylic acids is 2. The van der Waals surface area contributed by atoms with E-state index >= 15 is 0 Å². The van der Waals surface area contributed by atoms with Crippen LogP contribution in [0.2, 0.25) is 0 Å². The van der Waals surface area contributed by atoms with E-state index < -0.39 is 32.5 Å². The Morgan fingerprint density at radius 1 is 0.964 bits per heavy atom. The number of likely N-dealkylation sites (N-methyl/N-ethyl adjacent to an activating group) is 1. The number of rotatable bonds is 16.